The molecule has 0 bridgehead atoms. The standard InChI is InChI=1S/C17H24N4/c1-12(2)8-9-18-16-11-17(20-14(4)19-16)21-15-7-5-6-13(3)10-15/h5-7,10-12H,8-9H2,1-4H3,(H2,18,19,20,21). The normalized spacial score (nSPS) is 10.7. The summed E-state index contributed by atoms with van der Waals surface area (Å²) in [7, 11) is 0. The predicted octanol–water partition coefficient (Wildman–Crippen LogP) is 4.30. The first-order valence-corrected chi connectivity index (χ1v) is 7.46. The predicted molar refractivity (Wildman–Crippen MR) is 89.2 cm³/mol. The van der Waals surface area contributed by atoms with Crippen LogP contribution in [-0.4, -0.2) is 16.5 Å². The van der Waals surface area contributed by atoms with Crippen molar-refractivity contribution in [3.63, 3.8) is 0 Å². The third kappa shape index (κ3) is 5.06. The molecule has 4 nitrogen and oxygen atoms in total. The molecule has 112 valence electrons. The van der Waals surface area contributed by atoms with Gasteiger partial charge >= 0.3 is 0 Å². The van der Waals surface area contributed by atoms with E-state index < -0.39 is 0 Å². The lowest BCUT2D eigenvalue weighted by Gasteiger charge is -2.11. The number of nitrogens with zero attached hydrogens (tertiary/aromatic N) is 2. The van der Waals surface area contributed by atoms with Crippen molar-refractivity contribution in [1.29, 1.82) is 0 Å². The second-order valence-electron chi connectivity index (χ2n) is 5.79. The first-order valence-electron chi connectivity index (χ1n) is 7.46. The molecule has 0 spiro atoms. The molecule has 0 saturated carbocycles. The van der Waals surface area contributed by atoms with E-state index in [2.05, 4.69) is 53.5 Å². The Balaban J connectivity index is 2.07. The van der Waals surface area contributed by atoms with Gasteiger partial charge in [0.2, 0.25) is 0 Å². The molecule has 0 aliphatic carbocycles. The zero-order valence-electron chi connectivity index (χ0n) is 13.3. The molecule has 2 aromatic rings. The van der Waals surface area contributed by atoms with Crippen LogP contribution in [-0.2, 0) is 0 Å². The largest absolute Gasteiger partial charge is 0.370 e. The van der Waals surface area contributed by atoms with E-state index in [4.69, 9.17) is 0 Å². The molecule has 0 unspecified atom stereocenters. The van der Waals surface area contributed by atoms with Crippen molar-refractivity contribution in [1.82, 2.24) is 9.97 Å². The first kappa shape index (κ1) is 15.3. The van der Waals surface area contributed by atoms with Gasteiger partial charge in [-0.25, -0.2) is 9.97 Å². The summed E-state index contributed by atoms with van der Waals surface area (Å²) in [5.41, 5.74) is 2.27. The van der Waals surface area contributed by atoms with Crippen LogP contribution in [0.4, 0.5) is 17.3 Å². The lowest BCUT2D eigenvalue weighted by atomic mass is 10.1. The molecule has 0 aliphatic rings. The van der Waals surface area contributed by atoms with Crippen molar-refractivity contribution in [3.8, 4) is 0 Å². The van der Waals surface area contributed by atoms with Crippen LogP contribution in [0.15, 0.2) is 30.3 Å². The van der Waals surface area contributed by atoms with Crippen molar-refractivity contribution in [2.45, 2.75) is 34.1 Å². The molecule has 0 fully saturated rings. The molecule has 2 N–H and O–H groups in total. The monoisotopic (exact) mass is 284 g/mol. The molecule has 0 atom stereocenters. The van der Waals surface area contributed by atoms with E-state index in [1.54, 1.807) is 0 Å². The van der Waals surface area contributed by atoms with Crippen LogP contribution in [0.1, 0.15) is 31.7 Å². The lowest BCUT2D eigenvalue weighted by molar-refractivity contribution is 0.606. The summed E-state index contributed by atoms with van der Waals surface area (Å²) in [5.74, 6) is 3.14. The summed E-state index contributed by atoms with van der Waals surface area (Å²) in [4.78, 5) is 8.87. The van der Waals surface area contributed by atoms with Crippen LogP contribution in [0.25, 0.3) is 0 Å². The maximum absolute atomic E-state index is 4.44. The van der Waals surface area contributed by atoms with Crippen LogP contribution < -0.4 is 10.6 Å². The molecule has 0 saturated heterocycles. The van der Waals surface area contributed by atoms with Crippen molar-refractivity contribution in [3.05, 3.63) is 41.7 Å². The fraction of sp³-hybridized carbons (Fsp3) is 0.412. The van der Waals surface area contributed by atoms with Gasteiger partial charge in [-0.3, -0.25) is 0 Å². The summed E-state index contributed by atoms with van der Waals surface area (Å²) in [6, 6.07) is 10.2. The topological polar surface area (TPSA) is 49.8 Å². The van der Waals surface area contributed by atoms with Gasteiger partial charge in [-0.1, -0.05) is 26.0 Å². The number of aromatic nitrogens is 2. The molecule has 1 heterocycles. The van der Waals surface area contributed by atoms with Gasteiger partial charge in [0.1, 0.15) is 17.5 Å². The molecule has 0 amide bonds. The number of anilines is 3. The van der Waals surface area contributed by atoms with E-state index in [9.17, 15) is 0 Å². The maximum atomic E-state index is 4.44. The van der Waals surface area contributed by atoms with Crippen molar-refractivity contribution >= 4 is 17.3 Å². The molecular weight excluding hydrogens is 260 g/mol. The Hall–Kier alpha value is -2.10. The minimum atomic E-state index is 0.685. The zero-order valence-corrected chi connectivity index (χ0v) is 13.3. The fourth-order valence-corrected chi connectivity index (χ4v) is 2.08. The van der Waals surface area contributed by atoms with Crippen LogP contribution in [0, 0.1) is 19.8 Å². The summed E-state index contributed by atoms with van der Waals surface area (Å²) in [5, 5.41) is 6.70. The second-order valence-corrected chi connectivity index (χ2v) is 5.79. The van der Waals surface area contributed by atoms with Gasteiger partial charge in [-0.15, -0.1) is 0 Å². The van der Waals surface area contributed by atoms with Gasteiger partial charge in [-0.2, -0.15) is 0 Å². The van der Waals surface area contributed by atoms with Gasteiger partial charge in [0.05, 0.1) is 0 Å². The maximum Gasteiger partial charge on any atom is 0.136 e. The molecule has 1 aromatic carbocycles. The second kappa shape index (κ2) is 7.07. The van der Waals surface area contributed by atoms with Crippen LogP contribution in [0.2, 0.25) is 0 Å². The van der Waals surface area contributed by atoms with E-state index in [1.807, 2.05) is 25.1 Å². The van der Waals surface area contributed by atoms with Gasteiger partial charge in [0.15, 0.2) is 0 Å². The van der Waals surface area contributed by atoms with Gasteiger partial charge in [0, 0.05) is 18.3 Å². The molecule has 1 aromatic heterocycles. The van der Waals surface area contributed by atoms with E-state index in [0.29, 0.717) is 5.92 Å². The van der Waals surface area contributed by atoms with Gasteiger partial charge in [-0.05, 0) is 43.9 Å². The van der Waals surface area contributed by atoms with Crippen LogP contribution in [0.5, 0.6) is 0 Å². The van der Waals surface area contributed by atoms with Crippen molar-refractivity contribution < 1.29 is 0 Å². The fourth-order valence-electron chi connectivity index (χ4n) is 2.08. The molecule has 2 rings (SSSR count). The summed E-state index contributed by atoms with van der Waals surface area (Å²) in [6.45, 7) is 9.36. The van der Waals surface area contributed by atoms with Gasteiger partial charge in [0.25, 0.3) is 0 Å². The minimum absolute atomic E-state index is 0.685. The Morgan fingerprint density at radius 2 is 1.81 bits per heavy atom. The molecule has 0 aliphatic heterocycles. The highest BCUT2D eigenvalue weighted by Gasteiger charge is 2.03. The Morgan fingerprint density at radius 3 is 2.52 bits per heavy atom. The zero-order chi connectivity index (χ0) is 15.2. The Labute approximate surface area is 127 Å². The quantitative estimate of drug-likeness (QED) is 0.830. The molecule has 4 heteroatoms. The van der Waals surface area contributed by atoms with Crippen molar-refractivity contribution in [2.24, 2.45) is 5.92 Å². The van der Waals surface area contributed by atoms with Gasteiger partial charge < -0.3 is 10.6 Å². The number of nitrogens with one attached hydrogen (secondary N) is 2. The number of rotatable bonds is 6. The first-order chi connectivity index (χ1) is 10.0. The van der Waals surface area contributed by atoms with Crippen molar-refractivity contribution in [2.75, 3.05) is 17.2 Å². The third-order valence-electron chi connectivity index (χ3n) is 3.16. The van der Waals surface area contributed by atoms with E-state index >= 15 is 0 Å². The highest BCUT2D eigenvalue weighted by Crippen LogP contribution is 2.18. The average molecular weight is 284 g/mol. The van der Waals surface area contributed by atoms with Crippen LogP contribution >= 0.6 is 0 Å². The molecular formula is C17H24N4. The van der Waals surface area contributed by atoms with E-state index in [0.717, 1.165) is 36.1 Å². The summed E-state index contributed by atoms with van der Waals surface area (Å²) in [6.07, 6.45) is 1.13. The number of hydrogen-bond donors (Lipinski definition) is 2. The Kier molecular flexibility index (Phi) is 5.14. The third-order valence-corrected chi connectivity index (χ3v) is 3.16. The lowest BCUT2D eigenvalue weighted by Crippen LogP contribution is -2.08. The highest BCUT2D eigenvalue weighted by molar-refractivity contribution is 5.59. The number of benzene rings is 1. The average Bonchev–Trinajstić information content (AvgIpc) is 2.37. The Morgan fingerprint density at radius 1 is 1.05 bits per heavy atom. The molecule has 0 radical (unpaired) electrons. The van der Waals surface area contributed by atoms with Crippen LogP contribution in [0.3, 0.4) is 0 Å². The summed E-state index contributed by atoms with van der Waals surface area (Å²) >= 11 is 0. The highest BCUT2D eigenvalue weighted by atomic mass is 15.1. The molecule has 21 heavy (non-hydrogen) atoms. The van der Waals surface area contributed by atoms with E-state index in [-0.39, 0.29) is 0 Å². The van der Waals surface area contributed by atoms with E-state index in [1.165, 1.54) is 5.56 Å². The minimum Gasteiger partial charge on any atom is -0.370 e. The number of aryl methyl sites for hydroxylation is 2. The SMILES string of the molecule is Cc1cccc(Nc2cc(NCCC(C)C)nc(C)n2)c1. The Bertz CT molecular complexity index is 593. The summed E-state index contributed by atoms with van der Waals surface area (Å²) < 4.78 is 0. The number of hydrogen-bond acceptors (Lipinski definition) is 4. The smallest absolute Gasteiger partial charge is 0.136 e.